The van der Waals surface area contributed by atoms with Crippen molar-refractivity contribution in [2.45, 2.75) is 0 Å². The smallest absolute Gasteiger partial charge is 0.276 e. The van der Waals surface area contributed by atoms with Gasteiger partial charge in [0.1, 0.15) is 10.7 Å². The first kappa shape index (κ1) is 13.2. The van der Waals surface area contributed by atoms with Gasteiger partial charge in [-0.05, 0) is 24.3 Å². The van der Waals surface area contributed by atoms with Gasteiger partial charge in [-0.2, -0.15) is 0 Å². The third-order valence-corrected chi connectivity index (χ3v) is 3.50. The molecule has 2 N–H and O–H groups in total. The van der Waals surface area contributed by atoms with E-state index in [0.717, 1.165) is 0 Å². The summed E-state index contributed by atoms with van der Waals surface area (Å²) in [6, 6.07) is 8.52. The van der Waals surface area contributed by atoms with E-state index < -0.39 is 5.91 Å². The van der Waals surface area contributed by atoms with Gasteiger partial charge in [-0.15, -0.1) is 11.3 Å². The molecule has 104 valence electrons. The lowest BCUT2D eigenvalue weighted by Crippen LogP contribution is -2.13. The number of thiazole rings is 1. The second kappa shape index (κ2) is 5.68. The summed E-state index contributed by atoms with van der Waals surface area (Å²) in [5, 5.41) is 14.4. The summed E-state index contributed by atoms with van der Waals surface area (Å²) < 4.78 is 0. The second-order valence-electron chi connectivity index (χ2n) is 4.08. The van der Waals surface area contributed by atoms with Gasteiger partial charge in [-0.25, -0.2) is 9.97 Å². The number of anilines is 1. The Bertz CT molecular complexity index is 773. The molecule has 3 heterocycles. The number of rotatable bonds is 3. The molecule has 0 unspecified atom stereocenters. The largest absolute Gasteiger partial charge is 0.504 e. The fraction of sp³-hybridized carbons (Fsp3) is 0. The molecule has 0 aliphatic heterocycles. The molecular weight excluding hydrogens is 288 g/mol. The first-order valence-corrected chi connectivity index (χ1v) is 6.94. The van der Waals surface area contributed by atoms with Gasteiger partial charge < -0.3 is 10.4 Å². The molecule has 0 aliphatic carbocycles. The highest BCUT2D eigenvalue weighted by atomic mass is 32.1. The predicted octanol–water partition coefficient (Wildman–Crippen LogP) is 2.56. The first-order chi connectivity index (χ1) is 10.2. The van der Waals surface area contributed by atoms with E-state index in [9.17, 15) is 9.90 Å². The van der Waals surface area contributed by atoms with Crippen LogP contribution in [-0.2, 0) is 0 Å². The van der Waals surface area contributed by atoms with Crippen molar-refractivity contribution < 1.29 is 9.90 Å². The van der Waals surface area contributed by atoms with E-state index in [2.05, 4.69) is 20.3 Å². The molecule has 0 radical (unpaired) electrons. The molecule has 0 atom stereocenters. The summed E-state index contributed by atoms with van der Waals surface area (Å²) in [5.41, 5.74) is 0.966. The molecule has 0 bridgehead atoms. The van der Waals surface area contributed by atoms with Crippen LogP contribution in [0.25, 0.3) is 10.7 Å². The zero-order valence-electron chi connectivity index (χ0n) is 10.7. The van der Waals surface area contributed by atoms with Crippen LogP contribution in [0.3, 0.4) is 0 Å². The van der Waals surface area contributed by atoms with Crippen molar-refractivity contribution in [2.75, 3.05) is 5.32 Å². The van der Waals surface area contributed by atoms with E-state index >= 15 is 0 Å². The lowest BCUT2D eigenvalue weighted by molar-refractivity contribution is 0.102. The second-order valence-corrected chi connectivity index (χ2v) is 4.94. The average molecular weight is 298 g/mol. The van der Waals surface area contributed by atoms with E-state index in [4.69, 9.17) is 0 Å². The standard InChI is InChI=1S/C14H10N4O2S/c19-11-5-3-7-16-12(11)18-13(20)10-8-21-14(17-10)9-4-1-2-6-15-9/h1-8,19H,(H,16,18,20). The normalized spacial score (nSPS) is 10.3. The average Bonchev–Trinajstić information content (AvgIpc) is 3.00. The molecule has 3 aromatic rings. The number of aromatic nitrogens is 3. The Hall–Kier alpha value is -2.80. The minimum absolute atomic E-state index is 0.0916. The quantitative estimate of drug-likeness (QED) is 0.776. The Morgan fingerprint density at radius 2 is 2.00 bits per heavy atom. The van der Waals surface area contributed by atoms with Crippen molar-refractivity contribution in [1.82, 2.24) is 15.0 Å². The number of nitrogens with zero attached hydrogens (tertiary/aromatic N) is 3. The highest BCUT2D eigenvalue weighted by molar-refractivity contribution is 7.13. The summed E-state index contributed by atoms with van der Waals surface area (Å²) in [6.45, 7) is 0. The van der Waals surface area contributed by atoms with Crippen LogP contribution in [0.4, 0.5) is 5.82 Å². The minimum Gasteiger partial charge on any atom is -0.504 e. The molecular formula is C14H10N4O2S. The van der Waals surface area contributed by atoms with E-state index in [-0.39, 0.29) is 17.3 Å². The third kappa shape index (κ3) is 2.87. The molecule has 3 aromatic heterocycles. The molecule has 7 heteroatoms. The number of amides is 1. The monoisotopic (exact) mass is 298 g/mol. The van der Waals surface area contributed by atoms with Crippen molar-refractivity contribution in [1.29, 1.82) is 0 Å². The Kier molecular flexibility index (Phi) is 3.57. The van der Waals surface area contributed by atoms with Crippen LogP contribution in [0.2, 0.25) is 0 Å². The topological polar surface area (TPSA) is 88.0 Å². The van der Waals surface area contributed by atoms with E-state index in [1.54, 1.807) is 17.6 Å². The molecule has 0 saturated heterocycles. The number of pyridine rings is 2. The van der Waals surface area contributed by atoms with Crippen LogP contribution in [0.1, 0.15) is 10.5 Å². The summed E-state index contributed by atoms with van der Waals surface area (Å²) in [5.74, 6) is -0.414. The number of nitrogens with one attached hydrogen (secondary N) is 1. The fourth-order valence-corrected chi connectivity index (χ4v) is 2.43. The van der Waals surface area contributed by atoms with Gasteiger partial charge in [-0.3, -0.25) is 9.78 Å². The number of carbonyl (C=O) groups excluding carboxylic acids is 1. The minimum atomic E-state index is -0.428. The van der Waals surface area contributed by atoms with Crippen LogP contribution in [-0.4, -0.2) is 26.0 Å². The highest BCUT2D eigenvalue weighted by Crippen LogP contribution is 2.23. The van der Waals surface area contributed by atoms with Gasteiger partial charge >= 0.3 is 0 Å². The summed E-state index contributed by atoms with van der Waals surface area (Å²) in [6.07, 6.45) is 3.15. The molecule has 21 heavy (non-hydrogen) atoms. The van der Waals surface area contributed by atoms with Gasteiger partial charge in [-0.1, -0.05) is 6.07 Å². The lowest BCUT2D eigenvalue weighted by Gasteiger charge is -2.03. The number of aromatic hydroxyl groups is 1. The van der Waals surface area contributed by atoms with E-state index in [1.165, 1.54) is 23.6 Å². The zero-order valence-corrected chi connectivity index (χ0v) is 11.5. The number of carbonyl (C=O) groups is 1. The van der Waals surface area contributed by atoms with Gasteiger partial charge in [0.25, 0.3) is 5.91 Å². The summed E-state index contributed by atoms with van der Waals surface area (Å²) in [4.78, 5) is 24.4. The Labute approximate surface area is 124 Å². The zero-order chi connectivity index (χ0) is 14.7. The van der Waals surface area contributed by atoms with Crippen LogP contribution in [0.15, 0.2) is 48.1 Å². The number of hydrogen-bond donors (Lipinski definition) is 2. The van der Waals surface area contributed by atoms with E-state index in [0.29, 0.717) is 10.7 Å². The Morgan fingerprint density at radius 1 is 1.14 bits per heavy atom. The molecule has 1 amide bonds. The van der Waals surface area contributed by atoms with Crippen molar-refractivity contribution in [3.8, 4) is 16.5 Å². The van der Waals surface area contributed by atoms with Crippen molar-refractivity contribution in [2.24, 2.45) is 0 Å². The Balaban J connectivity index is 1.80. The molecule has 0 spiro atoms. The predicted molar refractivity (Wildman–Crippen MR) is 79.2 cm³/mol. The number of hydrogen-bond acceptors (Lipinski definition) is 6. The SMILES string of the molecule is O=C(Nc1ncccc1O)c1csc(-c2ccccn2)n1. The Morgan fingerprint density at radius 3 is 2.76 bits per heavy atom. The van der Waals surface area contributed by atoms with Gasteiger partial charge in [0, 0.05) is 17.8 Å². The maximum Gasteiger partial charge on any atom is 0.276 e. The third-order valence-electron chi connectivity index (χ3n) is 2.64. The first-order valence-electron chi connectivity index (χ1n) is 6.06. The van der Waals surface area contributed by atoms with Gasteiger partial charge in [0.05, 0.1) is 5.69 Å². The van der Waals surface area contributed by atoms with Crippen molar-refractivity contribution in [3.63, 3.8) is 0 Å². The maximum atomic E-state index is 12.1. The van der Waals surface area contributed by atoms with Crippen molar-refractivity contribution in [3.05, 3.63) is 53.8 Å². The lowest BCUT2D eigenvalue weighted by atomic mass is 10.3. The summed E-state index contributed by atoms with van der Waals surface area (Å²) >= 11 is 1.33. The maximum absolute atomic E-state index is 12.1. The molecule has 3 rings (SSSR count). The molecule has 6 nitrogen and oxygen atoms in total. The molecule has 0 aliphatic rings. The van der Waals surface area contributed by atoms with Gasteiger partial charge in [0.15, 0.2) is 11.6 Å². The molecule has 0 saturated carbocycles. The van der Waals surface area contributed by atoms with Crippen LogP contribution >= 0.6 is 11.3 Å². The van der Waals surface area contributed by atoms with Crippen molar-refractivity contribution >= 4 is 23.1 Å². The molecule has 0 aromatic carbocycles. The van der Waals surface area contributed by atoms with Crippen LogP contribution in [0, 0.1) is 0 Å². The van der Waals surface area contributed by atoms with Gasteiger partial charge in [0.2, 0.25) is 0 Å². The van der Waals surface area contributed by atoms with Crippen LogP contribution in [0.5, 0.6) is 5.75 Å². The summed E-state index contributed by atoms with van der Waals surface area (Å²) in [7, 11) is 0. The highest BCUT2D eigenvalue weighted by Gasteiger charge is 2.14. The van der Waals surface area contributed by atoms with E-state index in [1.807, 2.05) is 18.2 Å². The van der Waals surface area contributed by atoms with Crippen LogP contribution < -0.4 is 5.32 Å². The molecule has 0 fully saturated rings. The fourth-order valence-electron chi connectivity index (χ4n) is 1.65.